The van der Waals surface area contributed by atoms with Crippen molar-refractivity contribution in [1.29, 1.82) is 0 Å². The van der Waals surface area contributed by atoms with E-state index in [1.165, 1.54) is 11.8 Å². The smallest absolute Gasteiger partial charge is 0.425 e. The Morgan fingerprint density at radius 2 is 1.72 bits per heavy atom. The number of carbonyl (C=O) groups excluding carboxylic acids is 3. The van der Waals surface area contributed by atoms with Crippen molar-refractivity contribution in [2.45, 2.75) is 94.8 Å². The minimum Gasteiger partial charge on any atom is -0.493 e. The van der Waals surface area contributed by atoms with Crippen LogP contribution in [0.5, 0.6) is 11.5 Å². The van der Waals surface area contributed by atoms with E-state index >= 15 is 0 Å². The van der Waals surface area contributed by atoms with Crippen molar-refractivity contribution >= 4 is 28.9 Å². The molecule has 16 heteroatoms. The molecule has 0 spiro atoms. The zero-order valence-corrected chi connectivity index (χ0v) is 30.1. The fourth-order valence-corrected chi connectivity index (χ4v) is 7.85. The molecular weight excluding hydrogens is 728 g/mol. The van der Waals surface area contributed by atoms with Crippen molar-refractivity contribution in [3.05, 3.63) is 75.7 Å². The maximum absolute atomic E-state index is 14.9. The number of ether oxygens (including phenoxy) is 2. The van der Waals surface area contributed by atoms with Crippen molar-refractivity contribution < 1.29 is 55.3 Å². The molecule has 2 aliphatic rings. The van der Waals surface area contributed by atoms with Gasteiger partial charge in [0, 0.05) is 55.7 Å². The Bertz CT molecular complexity index is 1770. The molecule has 2 fully saturated rings. The van der Waals surface area contributed by atoms with Gasteiger partial charge in [-0.2, -0.15) is 26.3 Å². The zero-order chi connectivity index (χ0) is 38.6. The summed E-state index contributed by atoms with van der Waals surface area (Å²) in [6, 6.07) is 8.28. The number of piperidine rings is 2. The van der Waals surface area contributed by atoms with Crippen molar-refractivity contribution in [3.8, 4) is 11.5 Å². The molecule has 2 aliphatic heterocycles. The van der Waals surface area contributed by atoms with Gasteiger partial charge in [-0.15, -0.1) is 11.3 Å². The first-order chi connectivity index (χ1) is 25.0. The van der Waals surface area contributed by atoms with Crippen LogP contribution < -0.4 is 9.47 Å². The molecule has 9 nitrogen and oxygen atoms in total. The lowest BCUT2D eigenvalue weighted by Crippen LogP contribution is -2.68. The van der Waals surface area contributed by atoms with Crippen LogP contribution in [0.2, 0.25) is 0 Å². The highest BCUT2D eigenvalue weighted by Gasteiger charge is 2.56. The van der Waals surface area contributed by atoms with E-state index in [-0.39, 0.29) is 69.9 Å². The molecule has 1 N–H and O–H groups in total. The molecular formula is C37H41F6N3O6S. The van der Waals surface area contributed by atoms with Crippen LogP contribution in [0.4, 0.5) is 26.3 Å². The van der Waals surface area contributed by atoms with Gasteiger partial charge in [-0.25, -0.2) is 0 Å². The number of alkyl halides is 6. The Morgan fingerprint density at radius 3 is 2.36 bits per heavy atom. The third-order valence-electron chi connectivity index (χ3n) is 9.71. The third kappa shape index (κ3) is 8.80. The van der Waals surface area contributed by atoms with Gasteiger partial charge in [0.2, 0.25) is 5.60 Å². The lowest BCUT2D eigenvalue weighted by molar-refractivity contribution is -0.163. The number of aliphatic hydroxyl groups is 1. The minimum absolute atomic E-state index is 0.0121. The number of benzene rings is 1. The quantitative estimate of drug-likeness (QED) is 0.149. The third-order valence-corrected chi connectivity index (χ3v) is 10.7. The first kappa shape index (κ1) is 40.0. The molecule has 4 heterocycles. The molecule has 288 valence electrons. The standard InChI is InChI=1S/C37H41F6N3O6S/c1-3-9-29-35(52-25-22-30(53-23-25)37(41,42)43,14-8-18-46(29)32(48)31-27(36(38,39)40)12-6-17-44-31)33(49)45-19-15-34(50,16-20-45)26-11-4-5-13-28(26)51-21-7-10-24(2)47/h4-6,11-13,17,22-23,29,50H,3,7-10,14-16,18-21H2,1-2H3/t29-,35+/m1/s1. The highest BCUT2D eigenvalue weighted by molar-refractivity contribution is 7.10. The second-order valence-electron chi connectivity index (χ2n) is 13.4. The molecule has 3 aromatic rings. The Balaban J connectivity index is 1.48. The molecule has 0 unspecified atom stereocenters. The molecule has 0 saturated carbocycles. The number of Topliss-reactive ketones (excluding diaryl/α,β-unsaturated/α-hetero) is 1. The summed E-state index contributed by atoms with van der Waals surface area (Å²) >= 11 is 0.369. The van der Waals surface area contributed by atoms with Crippen LogP contribution in [0.15, 0.2) is 54.0 Å². The molecule has 0 radical (unpaired) electrons. The number of hydrogen-bond acceptors (Lipinski definition) is 8. The number of rotatable bonds is 12. The highest BCUT2D eigenvalue weighted by atomic mass is 32.1. The Hall–Kier alpha value is -4.18. The normalized spacial score (nSPS) is 20.6. The van der Waals surface area contributed by atoms with E-state index in [0.717, 1.165) is 34.7 Å². The van der Waals surface area contributed by atoms with Crippen molar-refractivity contribution in [1.82, 2.24) is 14.8 Å². The summed E-state index contributed by atoms with van der Waals surface area (Å²) in [7, 11) is 0. The number of thiophene rings is 1. The van der Waals surface area contributed by atoms with E-state index in [9.17, 15) is 45.8 Å². The van der Waals surface area contributed by atoms with Gasteiger partial charge in [-0.1, -0.05) is 31.5 Å². The van der Waals surface area contributed by atoms with E-state index in [1.54, 1.807) is 31.2 Å². The minimum atomic E-state index is -4.91. The van der Waals surface area contributed by atoms with Crippen LogP contribution in [0.25, 0.3) is 0 Å². The van der Waals surface area contributed by atoms with Crippen LogP contribution in [-0.4, -0.2) is 75.4 Å². The topological polar surface area (TPSA) is 109 Å². The van der Waals surface area contributed by atoms with Crippen molar-refractivity contribution in [2.24, 2.45) is 0 Å². The molecule has 2 atom stereocenters. The van der Waals surface area contributed by atoms with Gasteiger partial charge in [-0.05, 0) is 57.2 Å². The molecule has 2 aromatic heterocycles. The van der Waals surface area contributed by atoms with Crippen LogP contribution in [-0.2, 0) is 27.5 Å². The van der Waals surface area contributed by atoms with Gasteiger partial charge in [0.15, 0.2) is 0 Å². The summed E-state index contributed by atoms with van der Waals surface area (Å²) in [6.45, 7) is 3.41. The number of amides is 2. The Morgan fingerprint density at radius 1 is 1.00 bits per heavy atom. The van der Waals surface area contributed by atoms with Crippen molar-refractivity contribution in [3.63, 3.8) is 0 Å². The molecule has 2 saturated heterocycles. The van der Waals surface area contributed by atoms with Crippen LogP contribution in [0, 0.1) is 0 Å². The largest absolute Gasteiger partial charge is 0.493 e. The highest BCUT2D eigenvalue weighted by Crippen LogP contribution is 2.44. The zero-order valence-electron chi connectivity index (χ0n) is 29.3. The molecule has 0 bridgehead atoms. The summed E-state index contributed by atoms with van der Waals surface area (Å²) in [5.41, 5.74) is -5.03. The van der Waals surface area contributed by atoms with Crippen LogP contribution in [0.3, 0.4) is 0 Å². The van der Waals surface area contributed by atoms with E-state index < -0.39 is 57.5 Å². The second-order valence-corrected chi connectivity index (χ2v) is 14.3. The van der Waals surface area contributed by atoms with E-state index in [4.69, 9.17) is 9.47 Å². The van der Waals surface area contributed by atoms with Crippen LogP contribution >= 0.6 is 11.3 Å². The summed E-state index contributed by atoms with van der Waals surface area (Å²) in [6.07, 6.45) is -7.16. The Labute approximate surface area is 306 Å². The van der Waals surface area contributed by atoms with Gasteiger partial charge < -0.3 is 29.2 Å². The maximum Gasteiger partial charge on any atom is 0.425 e. The fourth-order valence-electron chi connectivity index (χ4n) is 7.17. The maximum atomic E-state index is 14.9. The molecule has 1 aromatic carbocycles. The molecule has 53 heavy (non-hydrogen) atoms. The fraction of sp³-hybridized carbons (Fsp3) is 0.514. The molecule has 2 amide bonds. The number of likely N-dealkylation sites (tertiary alicyclic amines) is 2. The van der Waals surface area contributed by atoms with E-state index in [2.05, 4.69) is 4.98 Å². The van der Waals surface area contributed by atoms with Crippen molar-refractivity contribution in [2.75, 3.05) is 26.2 Å². The number of aromatic nitrogens is 1. The van der Waals surface area contributed by atoms with Gasteiger partial charge in [-0.3, -0.25) is 14.6 Å². The lowest BCUT2D eigenvalue weighted by Gasteiger charge is -2.51. The van der Waals surface area contributed by atoms with Gasteiger partial charge >= 0.3 is 12.4 Å². The number of carbonyl (C=O) groups is 3. The number of halogens is 6. The van der Waals surface area contributed by atoms with Gasteiger partial charge in [0.25, 0.3) is 11.8 Å². The van der Waals surface area contributed by atoms with Gasteiger partial charge in [0.1, 0.15) is 27.9 Å². The average molecular weight is 770 g/mol. The predicted molar refractivity (Wildman–Crippen MR) is 182 cm³/mol. The molecule has 5 rings (SSSR count). The molecule has 0 aliphatic carbocycles. The second kappa shape index (κ2) is 16.0. The van der Waals surface area contributed by atoms with E-state index in [0.29, 0.717) is 41.9 Å². The number of nitrogens with zero attached hydrogens (tertiary/aromatic N) is 3. The summed E-state index contributed by atoms with van der Waals surface area (Å²) in [5.74, 6) is -1.54. The first-order valence-electron chi connectivity index (χ1n) is 17.4. The average Bonchev–Trinajstić information content (AvgIpc) is 3.60. The number of para-hydroxylation sites is 1. The number of pyridine rings is 1. The number of ketones is 1. The van der Waals surface area contributed by atoms with E-state index in [1.807, 2.05) is 0 Å². The first-order valence-corrected chi connectivity index (χ1v) is 18.3. The SMILES string of the molecule is CCC[C@H]1N(C(=O)c2ncccc2C(F)(F)F)CCC[C@@]1(Oc1csc(C(F)(F)F)c1)C(=O)N1CCC(O)(c2ccccc2OCCCC(C)=O)CC1. The monoisotopic (exact) mass is 769 g/mol. The Kier molecular flexibility index (Phi) is 12.1. The predicted octanol–water partition coefficient (Wildman–Crippen LogP) is 7.66. The summed E-state index contributed by atoms with van der Waals surface area (Å²) in [4.78, 5) is 45.6. The van der Waals surface area contributed by atoms with Gasteiger partial charge in [0.05, 0.1) is 23.8 Å². The summed E-state index contributed by atoms with van der Waals surface area (Å²) in [5, 5.41) is 13.0. The lowest BCUT2D eigenvalue weighted by atomic mass is 9.78. The number of hydrogen-bond donors (Lipinski definition) is 1. The summed E-state index contributed by atoms with van der Waals surface area (Å²) < 4.78 is 95.3. The van der Waals surface area contributed by atoms with Crippen LogP contribution in [0.1, 0.15) is 91.7 Å².